The molecule has 0 atom stereocenters. The van der Waals surface area contributed by atoms with Gasteiger partial charge in [0.2, 0.25) is 5.78 Å². The van der Waals surface area contributed by atoms with E-state index in [-0.39, 0.29) is 36.2 Å². The predicted octanol–water partition coefficient (Wildman–Crippen LogP) is 7.49. The van der Waals surface area contributed by atoms with Crippen molar-refractivity contribution in [2.45, 2.75) is 71.3 Å². The van der Waals surface area contributed by atoms with Gasteiger partial charge < -0.3 is 14.1 Å². The Morgan fingerprint density at radius 2 is 1.38 bits per heavy atom. The highest BCUT2D eigenvalue weighted by atomic mass is 16.7. The Hall–Kier alpha value is -4.59. The van der Waals surface area contributed by atoms with E-state index in [9.17, 15) is 19.2 Å². The second-order valence-corrected chi connectivity index (χ2v) is 13.8. The van der Waals surface area contributed by atoms with Gasteiger partial charge in [-0.05, 0) is 105 Å². The fourth-order valence-corrected chi connectivity index (χ4v) is 9.01. The van der Waals surface area contributed by atoms with Crippen molar-refractivity contribution in [1.82, 2.24) is 4.57 Å². The van der Waals surface area contributed by atoms with Crippen molar-refractivity contribution in [2.24, 2.45) is 28.3 Å². The molecule has 4 aliphatic carbocycles. The fraction of sp³-hybridized carbons (Fsp3) is 0.410. The molecule has 0 aliphatic heterocycles. The third kappa shape index (κ3) is 5.90. The quantitative estimate of drug-likeness (QED) is 0.0558. The zero-order valence-electron chi connectivity index (χ0n) is 27.0. The molecule has 1 heterocycles. The Bertz CT molecular complexity index is 1880. The second-order valence-electron chi connectivity index (χ2n) is 13.8. The number of fused-ring (bicyclic) bond motifs is 3. The Labute approximate surface area is 274 Å². The number of nitrogens with zero attached hydrogens (tertiary/aromatic N) is 2. The SMILES string of the molecule is CCn1c2ccc(C(=O)C(CCC(=O)OC)=NOC(=O)Cc3ccccc3)cc2c2cc(C(=O)C34CC5CC(CC(C5)C3)C4)ccc21. The number of carbonyl (C=O) groups is 4. The van der Waals surface area contributed by atoms with E-state index in [1.54, 1.807) is 18.2 Å². The normalized spacial score (nSPS) is 23.3. The van der Waals surface area contributed by atoms with Crippen molar-refractivity contribution in [3.63, 3.8) is 0 Å². The highest BCUT2D eigenvalue weighted by Gasteiger charge is 2.54. The molecule has 0 radical (unpaired) electrons. The molecule has 47 heavy (non-hydrogen) atoms. The van der Waals surface area contributed by atoms with Crippen molar-refractivity contribution < 1.29 is 28.8 Å². The molecule has 4 saturated carbocycles. The van der Waals surface area contributed by atoms with E-state index in [2.05, 4.69) is 16.6 Å². The number of carbonyl (C=O) groups excluding carboxylic acids is 4. The van der Waals surface area contributed by atoms with E-state index in [0.29, 0.717) is 23.3 Å². The summed E-state index contributed by atoms with van der Waals surface area (Å²) in [6.45, 7) is 2.80. The van der Waals surface area contributed by atoms with E-state index in [0.717, 1.165) is 58.7 Å². The first kappa shape index (κ1) is 31.0. The summed E-state index contributed by atoms with van der Waals surface area (Å²) in [6.07, 6.45) is 6.72. The van der Waals surface area contributed by atoms with Gasteiger partial charge in [0.05, 0.1) is 20.0 Å². The van der Waals surface area contributed by atoms with Crippen LogP contribution >= 0.6 is 0 Å². The molecule has 1 aromatic heterocycles. The molecule has 8 nitrogen and oxygen atoms in total. The van der Waals surface area contributed by atoms with Crippen molar-refractivity contribution in [1.29, 1.82) is 0 Å². The monoisotopic (exact) mass is 632 g/mol. The van der Waals surface area contributed by atoms with Crippen LogP contribution < -0.4 is 0 Å². The van der Waals surface area contributed by atoms with Crippen molar-refractivity contribution in [3.8, 4) is 0 Å². The Kier molecular flexibility index (Phi) is 8.28. The lowest BCUT2D eigenvalue weighted by Crippen LogP contribution is -2.50. The summed E-state index contributed by atoms with van der Waals surface area (Å²) in [5.41, 5.74) is 3.53. The first-order chi connectivity index (χ1) is 22.8. The van der Waals surface area contributed by atoms with Crippen LogP contribution in [0, 0.1) is 23.2 Å². The Morgan fingerprint density at radius 3 is 1.98 bits per heavy atom. The molecule has 3 aromatic carbocycles. The van der Waals surface area contributed by atoms with Crippen LogP contribution in [0.1, 0.15) is 84.6 Å². The number of ether oxygens (including phenoxy) is 1. The molecule has 8 heteroatoms. The number of esters is 1. The molecule has 0 amide bonds. The van der Waals surface area contributed by atoms with Crippen LogP contribution in [0.15, 0.2) is 71.9 Å². The number of methoxy groups -OCH3 is 1. The van der Waals surface area contributed by atoms with Crippen molar-refractivity contribution in [2.75, 3.05) is 7.11 Å². The molecule has 8 rings (SSSR count). The summed E-state index contributed by atoms with van der Waals surface area (Å²) in [7, 11) is 1.28. The number of aryl methyl sites for hydroxylation is 1. The largest absolute Gasteiger partial charge is 0.469 e. The van der Waals surface area contributed by atoms with E-state index in [1.807, 2.05) is 48.5 Å². The molecular formula is C39H40N2O6. The number of ketones is 2. The average Bonchev–Trinajstić information content (AvgIpc) is 3.39. The van der Waals surface area contributed by atoms with Gasteiger partial charge >= 0.3 is 11.9 Å². The minimum absolute atomic E-state index is 0.00436. The van der Waals surface area contributed by atoms with Crippen LogP contribution in [0.3, 0.4) is 0 Å². The zero-order chi connectivity index (χ0) is 32.7. The standard InChI is InChI=1S/C39H40N2O6/c1-3-41-33-12-9-28(37(44)32(11-14-35(42)46-2)40-47-36(43)18-24-7-5-4-6-8-24)19-30(33)31-20-29(10-13-34(31)41)38(45)39-21-25-15-26(22-39)17-27(16-25)23-39/h4-10,12-13,19-20,25-27H,3,11,14-18,21-23H2,1-2H3. The number of Topliss-reactive ketones (excluding diaryl/α,β-unsaturated/α-hetero) is 2. The number of hydrogen-bond acceptors (Lipinski definition) is 7. The lowest BCUT2D eigenvalue weighted by atomic mass is 9.48. The van der Waals surface area contributed by atoms with Crippen LogP contribution in [0.2, 0.25) is 0 Å². The highest BCUT2D eigenvalue weighted by Crippen LogP contribution is 2.61. The lowest BCUT2D eigenvalue weighted by molar-refractivity contribution is -0.142. The highest BCUT2D eigenvalue weighted by molar-refractivity contribution is 6.46. The number of rotatable bonds is 11. The van der Waals surface area contributed by atoms with Gasteiger partial charge in [-0.3, -0.25) is 14.4 Å². The van der Waals surface area contributed by atoms with Gasteiger partial charge in [-0.15, -0.1) is 0 Å². The van der Waals surface area contributed by atoms with E-state index in [4.69, 9.17) is 9.57 Å². The number of benzene rings is 3. The molecule has 4 bridgehead atoms. The van der Waals surface area contributed by atoms with Gasteiger partial charge in [-0.25, -0.2) is 4.79 Å². The summed E-state index contributed by atoms with van der Waals surface area (Å²) >= 11 is 0. The van der Waals surface area contributed by atoms with Gasteiger partial charge in [0.1, 0.15) is 5.71 Å². The van der Waals surface area contributed by atoms with Gasteiger partial charge in [0.15, 0.2) is 5.78 Å². The minimum Gasteiger partial charge on any atom is -0.469 e. The van der Waals surface area contributed by atoms with Crippen molar-refractivity contribution >= 4 is 51.0 Å². The molecule has 0 spiro atoms. The molecule has 4 fully saturated rings. The fourth-order valence-electron chi connectivity index (χ4n) is 9.01. The number of hydrogen-bond donors (Lipinski definition) is 0. The first-order valence-electron chi connectivity index (χ1n) is 16.8. The van der Waals surface area contributed by atoms with Gasteiger partial charge in [-0.1, -0.05) is 35.5 Å². The Morgan fingerprint density at radius 1 is 0.787 bits per heavy atom. The maximum Gasteiger partial charge on any atom is 0.339 e. The first-order valence-corrected chi connectivity index (χ1v) is 16.8. The maximum atomic E-state index is 14.3. The smallest absolute Gasteiger partial charge is 0.339 e. The maximum absolute atomic E-state index is 14.3. The van der Waals surface area contributed by atoms with Crippen molar-refractivity contribution in [3.05, 3.63) is 83.4 Å². The van der Waals surface area contributed by atoms with Gasteiger partial charge in [0.25, 0.3) is 0 Å². The van der Waals surface area contributed by atoms with Crippen LogP contribution in [0.25, 0.3) is 21.8 Å². The van der Waals surface area contributed by atoms with Gasteiger partial charge in [-0.2, -0.15) is 0 Å². The Balaban J connectivity index is 1.21. The second kappa shape index (κ2) is 12.5. The van der Waals surface area contributed by atoms with Crippen LogP contribution in [0.5, 0.6) is 0 Å². The summed E-state index contributed by atoms with van der Waals surface area (Å²) in [5.74, 6) is 0.752. The zero-order valence-corrected chi connectivity index (χ0v) is 27.0. The van der Waals surface area contributed by atoms with E-state index < -0.39 is 17.7 Å². The summed E-state index contributed by atoms with van der Waals surface area (Å²) < 4.78 is 6.97. The molecule has 0 N–H and O–H groups in total. The van der Waals surface area contributed by atoms with Crippen LogP contribution in [-0.2, 0) is 32.1 Å². The van der Waals surface area contributed by atoms with E-state index >= 15 is 0 Å². The average molecular weight is 633 g/mol. The summed E-state index contributed by atoms with van der Waals surface area (Å²) in [5, 5.41) is 5.74. The number of aromatic nitrogens is 1. The molecule has 4 aromatic rings. The van der Waals surface area contributed by atoms with E-state index in [1.165, 1.54) is 26.4 Å². The molecular weight excluding hydrogens is 592 g/mol. The lowest BCUT2D eigenvalue weighted by Gasteiger charge is -2.56. The third-order valence-corrected chi connectivity index (χ3v) is 10.7. The third-order valence-electron chi connectivity index (χ3n) is 10.7. The van der Waals surface area contributed by atoms with Gasteiger partial charge in [0, 0.05) is 51.3 Å². The molecule has 4 aliphatic rings. The predicted molar refractivity (Wildman–Crippen MR) is 179 cm³/mol. The number of oxime groups is 1. The molecule has 0 saturated heterocycles. The van der Waals surface area contributed by atoms with Crippen LogP contribution in [-0.4, -0.2) is 40.9 Å². The summed E-state index contributed by atoms with van der Waals surface area (Å²) in [6, 6.07) is 20.6. The minimum atomic E-state index is -0.614. The topological polar surface area (TPSA) is 104 Å². The summed E-state index contributed by atoms with van der Waals surface area (Å²) in [4.78, 5) is 57.8. The van der Waals surface area contributed by atoms with Crippen LogP contribution in [0.4, 0.5) is 0 Å². The molecule has 242 valence electrons. The molecule has 0 unspecified atom stereocenters.